The zero-order valence-corrected chi connectivity index (χ0v) is 18.0. The molecule has 6 heteroatoms. The fourth-order valence-electron chi connectivity index (χ4n) is 4.06. The standard InChI is InChI=1S/C26H23NO5/c1-16-9-7-10-17(15-16)23-22(24(28)21-19(31-2)13-8-14-20(21)32-3)25(29)26(30)27(23)18-11-5-4-6-12-18/h4-15,23,28H,1-3H3/b24-22+. The van der Waals surface area contributed by atoms with Crippen molar-refractivity contribution in [3.63, 3.8) is 0 Å². The Bertz CT molecular complexity index is 1190. The SMILES string of the molecule is COc1cccc(OC)c1/C(O)=C1\C(=O)C(=O)N(c2ccccc2)C1c1cccc(C)c1. The summed E-state index contributed by atoms with van der Waals surface area (Å²) in [5.41, 5.74) is 2.44. The van der Waals surface area contributed by atoms with Crippen molar-refractivity contribution in [2.75, 3.05) is 19.1 Å². The number of Topliss-reactive ketones (excluding diaryl/α,β-unsaturated/α-hetero) is 1. The van der Waals surface area contributed by atoms with Crippen LogP contribution < -0.4 is 14.4 Å². The lowest BCUT2D eigenvalue weighted by Crippen LogP contribution is -2.29. The number of carbonyl (C=O) groups is 2. The minimum absolute atomic E-state index is 0.0211. The highest BCUT2D eigenvalue weighted by Gasteiger charge is 2.47. The van der Waals surface area contributed by atoms with Gasteiger partial charge < -0.3 is 14.6 Å². The molecule has 0 saturated carbocycles. The fourth-order valence-corrected chi connectivity index (χ4v) is 4.06. The number of hydrogen-bond acceptors (Lipinski definition) is 5. The highest BCUT2D eigenvalue weighted by Crippen LogP contribution is 2.45. The van der Waals surface area contributed by atoms with E-state index in [9.17, 15) is 14.7 Å². The van der Waals surface area contributed by atoms with Crippen LogP contribution in [-0.4, -0.2) is 31.0 Å². The molecule has 1 unspecified atom stereocenters. The van der Waals surface area contributed by atoms with Gasteiger partial charge in [-0.3, -0.25) is 14.5 Å². The van der Waals surface area contributed by atoms with E-state index in [-0.39, 0.29) is 16.9 Å². The number of amides is 1. The molecule has 3 aromatic carbocycles. The van der Waals surface area contributed by atoms with E-state index in [0.717, 1.165) is 5.56 Å². The monoisotopic (exact) mass is 429 g/mol. The Morgan fingerprint density at radius 3 is 2.09 bits per heavy atom. The highest BCUT2D eigenvalue weighted by molar-refractivity contribution is 6.51. The Morgan fingerprint density at radius 1 is 0.875 bits per heavy atom. The number of aliphatic hydroxyl groups excluding tert-OH is 1. The summed E-state index contributed by atoms with van der Waals surface area (Å²) in [6.45, 7) is 1.93. The second-order valence-electron chi connectivity index (χ2n) is 7.46. The number of para-hydroxylation sites is 1. The Labute approximate surface area is 186 Å². The number of ether oxygens (including phenoxy) is 2. The summed E-state index contributed by atoms with van der Waals surface area (Å²) in [7, 11) is 2.93. The van der Waals surface area contributed by atoms with E-state index in [2.05, 4.69) is 0 Å². The summed E-state index contributed by atoms with van der Waals surface area (Å²) in [4.78, 5) is 27.9. The third-order valence-electron chi connectivity index (χ3n) is 5.50. The molecule has 1 N–H and O–H groups in total. The minimum atomic E-state index is -0.813. The first-order chi connectivity index (χ1) is 15.5. The molecule has 162 valence electrons. The Balaban J connectivity index is 2.02. The van der Waals surface area contributed by atoms with Crippen LogP contribution in [0.5, 0.6) is 11.5 Å². The molecular weight excluding hydrogens is 406 g/mol. The highest BCUT2D eigenvalue weighted by atomic mass is 16.5. The molecule has 0 spiro atoms. The lowest BCUT2D eigenvalue weighted by Gasteiger charge is -2.26. The van der Waals surface area contributed by atoms with Crippen LogP contribution in [-0.2, 0) is 9.59 Å². The molecule has 6 nitrogen and oxygen atoms in total. The van der Waals surface area contributed by atoms with Crippen LogP contribution in [0.1, 0.15) is 22.7 Å². The summed E-state index contributed by atoms with van der Waals surface area (Å²) < 4.78 is 10.8. The van der Waals surface area contributed by atoms with Crippen LogP contribution in [0.15, 0.2) is 78.4 Å². The number of rotatable bonds is 5. The average molecular weight is 429 g/mol. The van der Waals surface area contributed by atoms with E-state index < -0.39 is 17.7 Å². The van der Waals surface area contributed by atoms with Gasteiger partial charge >= 0.3 is 0 Å². The van der Waals surface area contributed by atoms with Crippen molar-refractivity contribution in [2.45, 2.75) is 13.0 Å². The molecule has 0 aliphatic carbocycles. The molecule has 0 aromatic heterocycles. The molecule has 1 amide bonds. The Hall–Kier alpha value is -4.06. The van der Waals surface area contributed by atoms with Gasteiger partial charge in [0.2, 0.25) is 0 Å². The number of carbonyl (C=O) groups excluding carboxylic acids is 2. The van der Waals surface area contributed by atoms with Crippen LogP contribution in [0.4, 0.5) is 5.69 Å². The molecular formula is C26H23NO5. The lowest BCUT2D eigenvalue weighted by molar-refractivity contribution is -0.132. The van der Waals surface area contributed by atoms with Crippen LogP contribution in [0.25, 0.3) is 5.76 Å². The maximum atomic E-state index is 13.3. The van der Waals surface area contributed by atoms with E-state index >= 15 is 0 Å². The summed E-state index contributed by atoms with van der Waals surface area (Å²) >= 11 is 0. The zero-order valence-electron chi connectivity index (χ0n) is 18.0. The van der Waals surface area contributed by atoms with Gasteiger partial charge in [0.05, 0.1) is 25.8 Å². The Kier molecular flexibility index (Phi) is 5.69. The maximum Gasteiger partial charge on any atom is 0.300 e. The molecule has 1 heterocycles. The van der Waals surface area contributed by atoms with Crippen molar-refractivity contribution in [1.29, 1.82) is 0 Å². The second kappa shape index (κ2) is 8.59. The average Bonchev–Trinajstić information content (AvgIpc) is 3.09. The van der Waals surface area contributed by atoms with E-state index in [4.69, 9.17) is 9.47 Å². The van der Waals surface area contributed by atoms with E-state index in [0.29, 0.717) is 22.7 Å². The first-order valence-electron chi connectivity index (χ1n) is 10.1. The molecule has 1 aliphatic rings. The molecule has 1 saturated heterocycles. The third kappa shape index (κ3) is 3.50. The maximum absolute atomic E-state index is 13.3. The second-order valence-corrected chi connectivity index (χ2v) is 7.46. The summed E-state index contributed by atoms with van der Waals surface area (Å²) in [6.07, 6.45) is 0. The zero-order chi connectivity index (χ0) is 22.8. The minimum Gasteiger partial charge on any atom is -0.506 e. The molecule has 1 aliphatic heterocycles. The van der Waals surface area contributed by atoms with Gasteiger partial charge in [-0.15, -0.1) is 0 Å². The predicted octanol–water partition coefficient (Wildman–Crippen LogP) is 4.64. The molecule has 3 aromatic rings. The van der Waals surface area contributed by atoms with Crippen LogP contribution in [0.2, 0.25) is 0 Å². The summed E-state index contributed by atoms with van der Waals surface area (Å²) in [5, 5.41) is 11.4. The van der Waals surface area contributed by atoms with Gasteiger partial charge in [0.15, 0.2) is 0 Å². The van der Waals surface area contributed by atoms with Gasteiger partial charge in [-0.05, 0) is 36.8 Å². The lowest BCUT2D eigenvalue weighted by atomic mass is 9.93. The number of ketones is 1. The van der Waals surface area contributed by atoms with Crippen molar-refractivity contribution in [2.24, 2.45) is 0 Å². The van der Waals surface area contributed by atoms with E-state index in [1.54, 1.807) is 42.5 Å². The normalized spacial score (nSPS) is 17.5. The summed E-state index contributed by atoms with van der Waals surface area (Å²) in [6, 6.07) is 20.7. The van der Waals surface area contributed by atoms with Gasteiger partial charge in [0.25, 0.3) is 11.7 Å². The molecule has 0 radical (unpaired) electrons. The van der Waals surface area contributed by atoms with Crippen molar-refractivity contribution in [3.8, 4) is 11.5 Å². The van der Waals surface area contributed by atoms with Gasteiger partial charge in [-0.2, -0.15) is 0 Å². The van der Waals surface area contributed by atoms with Crippen LogP contribution in [0, 0.1) is 6.92 Å². The van der Waals surface area contributed by atoms with Crippen molar-refractivity contribution < 1.29 is 24.2 Å². The largest absolute Gasteiger partial charge is 0.506 e. The smallest absolute Gasteiger partial charge is 0.300 e. The molecule has 4 rings (SSSR count). The molecule has 0 bridgehead atoms. The number of aliphatic hydroxyl groups is 1. The number of aryl methyl sites for hydroxylation is 1. The molecule has 32 heavy (non-hydrogen) atoms. The van der Waals surface area contributed by atoms with Crippen molar-refractivity contribution in [3.05, 3.63) is 95.1 Å². The number of hydrogen-bond donors (Lipinski definition) is 1. The number of benzene rings is 3. The first kappa shape index (κ1) is 21.2. The van der Waals surface area contributed by atoms with Crippen LogP contribution >= 0.6 is 0 Å². The molecule has 1 atom stereocenters. The van der Waals surface area contributed by atoms with Crippen molar-refractivity contribution >= 4 is 23.1 Å². The molecule has 1 fully saturated rings. The topological polar surface area (TPSA) is 76.1 Å². The van der Waals surface area contributed by atoms with Gasteiger partial charge in [-0.25, -0.2) is 0 Å². The van der Waals surface area contributed by atoms with Crippen LogP contribution in [0.3, 0.4) is 0 Å². The van der Waals surface area contributed by atoms with Gasteiger partial charge in [-0.1, -0.05) is 54.1 Å². The summed E-state index contributed by atoms with van der Waals surface area (Å²) in [5.74, 6) is -1.17. The third-order valence-corrected chi connectivity index (χ3v) is 5.50. The van der Waals surface area contributed by atoms with E-state index in [1.165, 1.54) is 19.1 Å². The predicted molar refractivity (Wildman–Crippen MR) is 122 cm³/mol. The quantitative estimate of drug-likeness (QED) is 0.363. The van der Waals surface area contributed by atoms with E-state index in [1.807, 2.05) is 37.3 Å². The fraction of sp³-hybridized carbons (Fsp3) is 0.154. The van der Waals surface area contributed by atoms with Gasteiger partial charge in [0, 0.05) is 5.69 Å². The van der Waals surface area contributed by atoms with Gasteiger partial charge in [0.1, 0.15) is 22.8 Å². The number of methoxy groups -OCH3 is 2. The first-order valence-corrected chi connectivity index (χ1v) is 10.1. The number of nitrogens with zero attached hydrogens (tertiary/aromatic N) is 1. The Morgan fingerprint density at radius 2 is 1.50 bits per heavy atom. The van der Waals surface area contributed by atoms with Crippen molar-refractivity contribution in [1.82, 2.24) is 0 Å². The number of anilines is 1.